The molecule has 1 atom stereocenters. The first-order valence-corrected chi connectivity index (χ1v) is 11.6. The zero-order chi connectivity index (χ0) is 19.5. The number of carboxylic acids is 1. The number of carbonyl (C=O) groups is 1. The van der Waals surface area contributed by atoms with Crippen molar-refractivity contribution in [2.24, 2.45) is 0 Å². The average molecular weight is 376 g/mol. The Morgan fingerprint density at radius 3 is 1.48 bits per heavy atom. The predicted molar refractivity (Wildman–Crippen MR) is 111 cm³/mol. The van der Waals surface area contributed by atoms with Gasteiger partial charge >= 0.3 is 18.9 Å². The van der Waals surface area contributed by atoms with Crippen LogP contribution < -0.4 is 24.0 Å². The van der Waals surface area contributed by atoms with Crippen LogP contribution in [0.2, 0.25) is 0 Å². The minimum absolute atomic E-state index is 0. The molecule has 0 spiro atoms. The van der Waals surface area contributed by atoms with Gasteiger partial charge in [-0.1, -0.05) is 90.9 Å². The summed E-state index contributed by atoms with van der Waals surface area (Å²) in [5.41, 5.74) is 0. The van der Waals surface area contributed by atoms with Gasteiger partial charge in [-0.15, -0.1) is 0 Å². The van der Waals surface area contributed by atoms with E-state index in [4.69, 9.17) is 0 Å². The molecule has 0 amide bonds. The van der Waals surface area contributed by atoms with Crippen LogP contribution in [0.3, 0.4) is 0 Å². The van der Waals surface area contributed by atoms with Gasteiger partial charge < -0.3 is 14.8 Å². The third-order valence-electron chi connectivity index (χ3n) is 5.49. The van der Waals surface area contributed by atoms with Crippen LogP contribution in [-0.4, -0.2) is 30.0 Å². The van der Waals surface area contributed by atoms with Crippen molar-refractivity contribution >= 4 is 5.97 Å². The molecule has 0 saturated carbocycles. The molecule has 0 aliphatic carbocycles. The summed E-state index contributed by atoms with van der Waals surface area (Å²) in [4.78, 5) is 13.3. The van der Waals surface area contributed by atoms with Gasteiger partial charge in [0.15, 0.2) is 0 Å². The monoisotopic (exact) mass is 375 g/mol. The summed E-state index contributed by atoms with van der Waals surface area (Å²) in [5, 5.41) is 10.8. The van der Waals surface area contributed by atoms with Crippen molar-refractivity contribution in [2.45, 2.75) is 130 Å². The van der Waals surface area contributed by atoms with E-state index in [1.807, 2.05) is 0 Å². The van der Waals surface area contributed by atoms with Crippen LogP contribution in [0.4, 0.5) is 0 Å². The van der Waals surface area contributed by atoms with Crippen molar-refractivity contribution in [3.8, 4) is 0 Å². The number of aliphatic carboxylic acids is 1. The number of hydrogen-bond donors (Lipinski definition) is 0. The summed E-state index contributed by atoms with van der Waals surface area (Å²) >= 11 is 0. The maximum absolute atomic E-state index is 10.8. The molecule has 0 N–H and O–H groups in total. The van der Waals surface area contributed by atoms with Crippen LogP contribution in [0, 0.1) is 0 Å². The van der Waals surface area contributed by atoms with Crippen LogP contribution in [0.1, 0.15) is 124 Å². The molecule has 0 aromatic carbocycles. The smallest absolute Gasteiger partial charge is 0.550 e. The van der Waals surface area contributed by atoms with Crippen molar-refractivity contribution < 1.29 is 28.8 Å². The molecule has 0 aromatic rings. The maximum Gasteiger partial charge on any atom is 1.00 e. The Morgan fingerprint density at radius 2 is 1.11 bits per heavy atom. The molecule has 0 aliphatic heterocycles. The van der Waals surface area contributed by atoms with Crippen LogP contribution in [0.5, 0.6) is 0 Å². The van der Waals surface area contributed by atoms with E-state index in [1.165, 1.54) is 89.9 Å². The molecular formula is C23H46LiNO2. The third kappa shape index (κ3) is 20.6. The van der Waals surface area contributed by atoms with Gasteiger partial charge in [0.05, 0.1) is 0 Å². The van der Waals surface area contributed by atoms with Gasteiger partial charge in [0, 0.05) is 12.0 Å². The summed E-state index contributed by atoms with van der Waals surface area (Å²) in [6.45, 7) is 8.95. The normalized spacial score (nSPS) is 12.1. The van der Waals surface area contributed by atoms with E-state index in [1.54, 1.807) is 0 Å². The van der Waals surface area contributed by atoms with Crippen molar-refractivity contribution in [1.29, 1.82) is 0 Å². The third-order valence-corrected chi connectivity index (χ3v) is 5.49. The molecule has 0 fully saturated rings. The Labute approximate surface area is 182 Å². The van der Waals surface area contributed by atoms with Crippen molar-refractivity contribution in [3.63, 3.8) is 0 Å². The van der Waals surface area contributed by atoms with Gasteiger partial charge in [-0.05, 0) is 45.7 Å². The van der Waals surface area contributed by atoms with E-state index < -0.39 is 5.97 Å². The molecule has 4 heteroatoms. The fourth-order valence-corrected chi connectivity index (χ4v) is 3.61. The van der Waals surface area contributed by atoms with E-state index in [-0.39, 0.29) is 25.3 Å². The molecule has 0 rings (SSSR count). The Hall–Kier alpha value is 0.0274. The Balaban J connectivity index is 0. The van der Waals surface area contributed by atoms with Crippen LogP contribution in [0.15, 0.2) is 0 Å². The molecule has 156 valence electrons. The molecule has 3 nitrogen and oxygen atoms in total. The van der Waals surface area contributed by atoms with E-state index in [0.717, 1.165) is 19.5 Å². The second kappa shape index (κ2) is 22.3. The quantitative estimate of drug-likeness (QED) is 0.243. The second-order valence-corrected chi connectivity index (χ2v) is 8.04. The van der Waals surface area contributed by atoms with Gasteiger partial charge in [-0.3, -0.25) is 0 Å². The summed E-state index contributed by atoms with van der Waals surface area (Å²) in [7, 11) is 0. The molecule has 0 bridgehead atoms. The van der Waals surface area contributed by atoms with Crippen molar-refractivity contribution in [1.82, 2.24) is 4.90 Å². The first-order chi connectivity index (χ1) is 12.6. The largest absolute Gasteiger partial charge is 1.00 e. The fourth-order valence-electron chi connectivity index (χ4n) is 3.61. The Bertz CT molecular complexity index is 295. The number of carboxylic acid groups (broad SMARTS) is 1. The van der Waals surface area contributed by atoms with E-state index in [2.05, 4.69) is 25.7 Å². The number of rotatable bonds is 20. The Kier molecular flexibility index (Phi) is 24.2. The minimum Gasteiger partial charge on any atom is -0.550 e. The zero-order valence-corrected chi connectivity index (χ0v) is 19.1. The number of carbonyl (C=O) groups excluding carboxylic acids is 1. The molecule has 0 radical (unpaired) electrons. The molecule has 0 aromatic heterocycles. The molecule has 1 unspecified atom stereocenters. The van der Waals surface area contributed by atoms with E-state index in [9.17, 15) is 9.90 Å². The van der Waals surface area contributed by atoms with Gasteiger partial charge in [0.2, 0.25) is 0 Å². The first-order valence-electron chi connectivity index (χ1n) is 11.6. The fraction of sp³-hybridized carbons (Fsp3) is 0.957. The number of nitrogens with zero attached hydrogens (tertiary/aromatic N) is 1. The number of unbranched alkanes of at least 4 members (excludes halogenated alkanes) is 12. The second-order valence-electron chi connectivity index (χ2n) is 8.04. The van der Waals surface area contributed by atoms with Crippen molar-refractivity contribution in [2.75, 3.05) is 13.1 Å². The minimum atomic E-state index is -0.913. The maximum atomic E-state index is 10.8. The summed E-state index contributed by atoms with van der Waals surface area (Å²) in [6.07, 6.45) is 19.5. The molecule has 27 heavy (non-hydrogen) atoms. The SMILES string of the molecule is CCCCCCCCCN(CCCCCCCCC)C(C)CCC(=O)[O-].[Li+]. The van der Waals surface area contributed by atoms with E-state index >= 15 is 0 Å². The standard InChI is InChI=1S/C23H47NO2.Li/c1-4-6-8-10-12-14-16-20-24(22(3)18-19-23(25)26)21-17-15-13-11-9-7-5-2;/h22H,4-21H2,1-3H3,(H,25,26);/q;+1/p-1. The van der Waals surface area contributed by atoms with Crippen LogP contribution >= 0.6 is 0 Å². The Morgan fingerprint density at radius 1 is 0.741 bits per heavy atom. The molecule has 0 aliphatic rings. The number of hydrogen-bond acceptors (Lipinski definition) is 3. The zero-order valence-electron chi connectivity index (χ0n) is 19.1. The van der Waals surface area contributed by atoms with Gasteiger partial charge in [0.25, 0.3) is 0 Å². The summed E-state index contributed by atoms with van der Waals surface area (Å²) in [5.74, 6) is -0.913. The van der Waals surface area contributed by atoms with E-state index in [0.29, 0.717) is 6.04 Å². The predicted octanol–water partition coefficient (Wildman–Crippen LogP) is 2.71. The summed E-state index contributed by atoms with van der Waals surface area (Å²) in [6, 6.07) is 0.355. The molecule has 0 saturated heterocycles. The van der Waals surface area contributed by atoms with Crippen molar-refractivity contribution in [3.05, 3.63) is 0 Å². The van der Waals surface area contributed by atoms with Gasteiger partial charge in [-0.25, -0.2) is 0 Å². The van der Waals surface area contributed by atoms with Gasteiger partial charge in [-0.2, -0.15) is 0 Å². The summed E-state index contributed by atoms with van der Waals surface area (Å²) < 4.78 is 0. The topological polar surface area (TPSA) is 43.4 Å². The van der Waals surface area contributed by atoms with Crippen LogP contribution in [0.25, 0.3) is 0 Å². The van der Waals surface area contributed by atoms with Crippen LogP contribution in [-0.2, 0) is 4.79 Å². The van der Waals surface area contributed by atoms with Gasteiger partial charge in [0.1, 0.15) is 0 Å². The molecule has 0 heterocycles. The average Bonchev–Trinajstić information content (AvgIpc) is 2.62. The molecular weight excluding hydrogens is 329 g/mol. The first kappa shape index (κ1) is 29.2.